The predicted molar refractivity (Wildman–Crippen MR) is 143 cm³/mol. The predicted octanol–water partition coefficient (Wildman–Crippen LogP) is 8.05. The van der Waals surface area contributed by atoms with Gasteiger partial charge in [-0.3, -0.25) is 9.78 Å². The molecule has 1 aromatic heterocycles. The fraction of sp³-hybridized carbons (Fsp3) is 0.300. The lowest BCUT2D eigenvalue weighted by Gasteiger charge is -2.32. The van der Waals surface area contributed by atoms with Gasteiger partial charge in [-0.15, -0.1) is 0 Å². The summed E-state index contributed by atoms with van der Waals surface area (Å²) in [4.78, 5) is 30.6. The number of nitrogens with zero attached hydrogens (tertiary/aromatic N) is 2. The molecule has 42 heavy (non-hydrogen) atoms. The van der Waals surface area contributed by atoms with Crippen molar-refractivity contribution in [1.82, 2.24) is 4.98 Å². The van der Waals surface area contributed by atoms with Crippen molar-refractivity contribution in [2.45, 2.75) is 51.9 Å². The van der Waals surface area contributed by atoms with E-state index in [2.05, 4.69) is 4.98 Å². The summed E-state index contributed by atoms with van der Waals surface area (Å²) in [5.41, 5.74) is -3.98. The Hall–Kier alpha value is -4.22. The van der Waals surface area contributed by atoms with Crippen molar-refractivity contribution < 1.29 is 45.4 Å². The number of carbonyl (C=O) groups is 2. The van der Waals surface area contributed by atoms with Crippen molar-refractivity contribution in [3.8, 4) is 11.1 Å². The van der Waals surface area contributed by atoms with Crippen molar-refractivity contribution in [2.75, 3.05) is 11.9 Å². The molecule has 0 fully saturated rings. The molecule has 0 aliphatic heterocycles. The molecule has 0 unspecified atom stereocenters. The zero-order valence-electron chi connectivity index (χ0n) is 23.2. The number of hydrogen-bond acceptors (Lipinski definition) is 3. The summed E-state index contributed by atoms with van der Waals surface area (Å²) in [5.74, 6) is -2.57. The molecule has 0 atom stereocenters. The molecule has 0 saturated carbocycles. The summed E-state index contributed by atoms with van der Waals surface area (Å²) in [6.45, 7) is 5.64. The molecule has 0 aliphatic rings. The molecule has 2 aromatic carbocycles. The summed E-state index contributed by atoms with van der Waals surface area (Å²) in [6, 6.07) is 6.31. The zero-order chi connectivity index (χ0) is 31.8. The van der Waals surface area contributed by atoms with Gasteiger partial charge < -0.3 is 10.0 Å². The second-order valence-corrected chi connectivity index (χ2v) is 10.2. The molecule has 1 heterocycles. The van der Waals surface area contributed by atoms with Crippen molar-refractivity contribution in [3.05, 3.63) is 88.0 Å². The number of pyridine rings is 1. The van der Waals surface area contributed by atoms with Crippen LogP contribution < -0.4 is 4.90 Å². The molecule has 3 aromatic rings. The summed E-state index contributed by atoms with van der Waals surface area (Å²) in [7, 11) is 1.28. The standard InChI is InChI=1S/C30H27F7N2O3/c1-6-17(26(40)41)10-22-14-24(23-8-7-21(31)9-16(23)2)25(15-38-22)39(5)27(42)28(3,4)18-11-19(29(32,33)34)13-20(12-18)30(35,36)37/h7-15H,6H2,1-5H3,(H,40,41). The van der Waals surface area contributed by atoms with Gasteiger partial charge in [0.05, 0.1) is 34.1 Å². The van der Waals surface area contributed by atoms with E-state index in [4.69, 9.17) is 0 Å². The van der Waals surface area contributed by atoms with Crippen LogP contribution in [0.4, 0.5) is 36.4 Å². The first-order valence-electron chi connectivity index (χ1n) is 12.6. The average molecular weight is 597 g/mol. The van der Waals surface area contributed by atoms with Gasteiger partial charge in [0, 0.05) is 18.2 Å². The van der Waals surface area contributed by atoms with Crippen molar-refractivity contribution in [1.29, 1.82) is 0 Å². The third-order valence-electron chi connectivity index (χ3n) is 6.87. The third-order valence-corrected chi connectivity index (χ3v) is 6.87. The molecule has 0 saturated heterocycles. The summed E-state index contributed by atoms with van der Waals surface area (Å²) >= 11 is 0. The highest BCUT2D eigenvalue weighted by atomic mass is 19.4. The van der Waals surface area contributed by atoms with E-state index in [0.29, 0.717) is 28.8 Å². The minimum Gasteiger partial charge on any atom is -0.478 e. The number of rotatable bonds is 7. The van der Waals surface area contributed by atoms with E-state index in [1.165, 1.54) is 57.4 Å². The van der Waals surface area contributed by atoms with Crippen LogP contribution in [-0.2, 0) is 27.4 Å². The molecular weight excluding hydrogens is 569 g/mol. The van der Waals surface area contributed by atoms with Gasteiger partial charge in [-0.2, -0.15) is 26.3 Å². The maximum absolute atomic E-state index is 13.9. The van der Waals surface area contributed by atoms with E-state index in [9.17, 15) is 45.4 Å². The van der Waals surface area contributed by atoms with Crippen LogP contribution in [0.15, 0.2) is 54.2 Å². The lowest BCUT2D eigenvalue weighted by atomic mass is 9.81. The van der Waals surface area contributed by atoms with Crippen LogP contribution in [0, 0.1) is 12.7 Å². The fourth-order valence-electron chi connectivity index (χ4n) is 4.42. The first-order valence-corrected chi connectivity index (χ1v) is 12.6. The van der Waals surface area contributed by atoms with E-state index < -0.39 is 52.2 Å². The Balaban J connectivity index is 2.21. The summed E-state index contributed by atoms with van der Waals surface area (Å²) < 4.78 is 95.0. The number of amides is 1. The number of anilines is 1. The highest BCUT2D eigenvalue weighted by Crippen LogP contribution is 2.41. The second kappa shape index (κ2) is 11.6. The number of benzene rings is 2. The zero-order valence-corrected chi connectivity index (χ0v) is 23.2. The van der Waals surface area contributed by atoms with Crippen LogP contribution in [0.25, 0.3) is 17.2 Å². The van der Waals surface area contributed by atoms with Gasteiger partial charge in [-0.05, 0) is 86.4 Å². The number of aromatic nitrogens is 1. The smallest absolute Gasteiger partial charge is 0.416 e. The number of halogens is 7. The van der Waals surface area contributed by atoms with Gasteiger partial charge in [-0.1, -0.05) is 13.0 Å². The van der Waals surface area contributed by atoms with E-state index >= 15 is 0 Å². The number of hydrogen-bond donors (Lipinski definition) is 1. The molecule has 12 heteroatoms. The Bertz CT molecular complexity index is 1530. The fourth-order valence-corrected chi connectivity index (χ4v) is 4.42. The first kappa shape index (κ1) is 32.3. The van der Waals surface area contributed by atoms with Crippen LogP contribution >= 0.6 is 0 Å². The number of carbonyl (C=O) groups excluding carboxylic acids is 1. The number of carboxylic acids is 1. The van der Waals surface area contributed by atoms with E-state index in [1.807, 2.05) is 0 Å². The molecule has 0 radical (unpaired) electrons. The van der Waals surface area contributed by atoms with Crippen LogP contribution in [0.1, 0.15) is 55.1 Å². The van der Waals surface area contributed by atoms with Gasteiger partial charge in [0.15, 0.2) is 0 Å². The number of aliphatic carboxylic acids is 1. The molecule has 0 aliphatic carbocycles. The average Bonchev–Trinajstić information content (AvgIpc) is 2.89. The minimum atomic E-state index is -5.10. The quantitative estimate of drug-likeness (QED) is 0.221. The van der Waals surface area contributed by atoms with Crippen LogP contribution in [0.3, 0.4) is 0 Å². The summed E-state index contributed by atoms with van der Waals surface area (Å²) in [6.07, 6.45) is -7.47. The molecule has 3 rings (SSSR count). The van der Waals surface area contributed by atoms with Gasteiger partial charge in [0.1, 0.15) is 5.82 Å². The maximum atomic E-state index is 13.9. The Labute approximate surface area is 237 Å². The molecular formula is C30H27F7N2O3. The van der Waals surface area contributed by atoms with E-state index in [-0.39, 0.29) is 29.4 Å². The van der Waals surface area contributed by atoms with Gasteiger partial charge >= 0.3 is 18.3 Å². The molecule has 1 N–H and O–H groups in total. The van der Waals surface area contributed by atoms with Gasteiger partial charge in [-0.25, -0.2) is 9.18 Å². The van der Waals surface area contributed by atoms with Crippen LogP contribution in [0.2, 0.25) is 0 Å². The normalized spacial score (nSPS) is 12.8. The third kappa shape index (κ3) is 6.80. The SMILES string of the molecule is CCC(=Cc1cc(-c2ccc(F)cc2C)c(N(C)C(=O)C(C)(C)c2cc(C(F)(F)F)cc(C(F)(F)F)c2)cn1)C(=O)O. The van der Waals surface area contributed by atoms with E-state index in [0.717, 1.165) is 4.90 Å². The number of alkyl halides is 6. The highest BCUT2D eigenvalue weighted by molar-refractivity contribution is 6.03. The lowest BCUT2D eigenvalue weighted by molar-refractivity contribution is -0.143. The largest absolute Gasteiger partial charge is 0.478 e. The molecule has 0 spiro atoms. The Kier molecular flexibility index (Phi) is 8.90. The molecule has 5 nitrogen and oxygen atoms in total. The number of carboxylic acid groups (broad SMARTS) is 1. The molecule has 0 bridgehead atoms. The molecule has 224 valence electrons. The van der Waals surface area contributed by atoms with Crippen LogP contribution in [0.5, 0.6) is 0 Å². The topological polar surface area (TPSA) is 70.5 Å². The second-order valence-electron chi connectivity index (χ2n) is 10.2. The summed E-state index contributed by atoms with van der Waals surface area (Å²) in [5, 5.41) is 9.42. The number of aryl methyl sites for hydroxylation is 1. The first-order chi connectivity index (χ1) is 19.3. The van der Waals surface area contributed by atoms with Crippen molar-refractivity contribution in [3.63, 3.8) is 0 Å². The Morgan fingerprint density at radius 1 is 0.905 bits per heavy atom. The van der Waals surface area contributed by atoms with Crippen LogP contribution in [-0.4, -0.2) is 29.0 Å². The van der Waals surface area contributed by atoms with Crippen molar-refractivity contribution >= 4 is 23.6 Å². The monoisotopic (exact) mass is 596 g/mol. The minimum absolute atomic E-state index is 0.0129. The lowest BCUT2D eigenvalue weighted by Crippen LogP contribution is -2.42. The van der Waals surface area contributed by atoms with Gasteiger partial charge in [0.25, 0.3) is 0 Å². The van der Waals surface area contributed by atoms with Crippen molar-refractivity contribution in [2.24, 2.45) is 0 Å². The van der Waals surface area contributed by atoms with Gasteiger partial charge in [0.2, 0.25) is 5.91 Å². The number of likely N-dealkylation sites (N-methyl/N-ethyl adjacent to an activating group) is 1. The van der Waals surface area contributed by atoms with E-state index in [1.54, 1.807) is 13.8 Å². The Morgan fingerprint density at radius 3 is 1.93 bits per heavy atom. The molecule has 1 amide bonds. The highest BCUT2D eigenvalue weighted by Gasteiger charge is 2.41. The Morgan fingerprint density at radius 2 is 1.45 bits per heavy atom. The maximum Gasteiger partial charge on any atom is 0.416 e.